The number of benzene rings is 1. The minimum absolute atomic E-state index is 0.362. The Kier molecular flexibility index (Phi) is 7.60. The van der Waals surface area contributed by atoms with Gasteiger partial charge < -0.3 is 15.2 Å². The quantitative estimate of drug-likeness (QED) is 0.409. The molecule has 0 bridgehead atoms. The highest BCUT2D eigenvalue weighted by molar-refractivity contribution is 5.80. The molecule has 0 aliphatic heterocycles. The summed E-state index contributed by atoms with van der Waals surface area (Å²) in [5, 5.41) is 14.1. The number of nitrogens with one attached hydrogen (secondary N) is 2. The van der Waals surface area contributed by atoms with Gasteiger partial charge in [-0.2, -0.15) is 13.2 Å². The maximum Gasteiger partial charge on any atom is 0.416 e. The normalized spacial score (nSPS) is 13.2. The fraction of sp³-hybridized carbons (Fsp3) is 0.421. The molecule has 1 atom stereocenters. The largest absolute Gasteiger partial charge is 0.416 e. The van der Waals surface area contributed by atoms with E-state index in [-0.39, 0.29) is 6.04 Å². The molecule has 6 nitrogen and oxygen atoms in total. The molecule has 0 fully saturated rings. The number of guanidine groups is 1. The van der Waals surface area contributed by atoms with Crippen LogP contribution >= 0.6 is 0 Å². The summed E-state index contributed by atoms with van der Waals surface area (Å²) in [6.45, 7) is 9.00. The van der Waals surface area contributed by atoms with Crippen LogP contribution in [0.15, 0.2) is 48.2 Å². The Balaban J connectivity index is 2.07. The van der Waals surface area contributed by atoms with Gasteiger partial charge >= 0.3 is 6.18 Å². The molecule has 0 spiro atoms. The van der Waals surface area contributed by atoms with Crippen molar-refractivity contribution < 1.29 is 13.2 Å². The van der Waals surface area contributed by atoms with Crippen LogP contribution in [0.1, 0.15) is 36.8 Å². The van der Waals surface area contributed by atoms with Gasteiger partial charge in [0.15, 0.2) is 5.96 Å². The lowest BCUT2D eigenvalue weighted by Gasteiger charge is -2.19. The topological polar surface area (TPSA) is 67.1 Å². The molecule has 1 aromatic heterocycles. The third-order valence-corrected chi connectivity index (χ3v) is 4.10. The number of nitrogens with zero attached hydrogens (tertiary/aromatic N) is 4. The summed E-state index contributed by atoms with van der Waals surface area (Å²) in [6.07, 6.45) is -0.259. The molecule has 9 heteroatoms. The number of rotatable bonds is 8. The van der Waals surface area contributed by atoms with Crippen molar-refractivity contribution >= 4 is 5.96 Å². The third kappa shape index (κ3) is 6.11. The predicted octanol–water partition coefficient (Wildman–Crippen LogP) is 3.34. The summed E-state index contributed by atoms with van der Waals surface area (Å²) in [4.78, 5) is 4.50. The highest BCUT2D eigenvalue weighted by atomic mass is 19.4. The number of aliphatic imine (C=N–C) groups is 1. The number of alkyl halides is 3. The zero-order valence-corrected chi connectivity index (χ0v) is 16.0. The summed E-state index contributed by atoms with van der Waals surface area (Å²) in [5.74, 6) is 1.37. The number of aryl methyl sites for hydroxylation is 1. The molecule has 0 saturated carbocycles. The van der Waals surface area contributed by atoms with E-state index in [0.717, 1.165) is 24.4 Å². The molecule has 1 heterocycles. The molecule has 2 N–H and O–H groups in total. The van der Waals surface area contributed by atoms with E-state index in [1.54, 1.807) is 25.4 Å². The molecule has 0 saturated heterocycles. The SMILES string of the molecule is C=CCNC(=NCCn1cnnc1CC)NC(C)c1cccc(C(F)(F)F)c1. The number of halogens is 3. The van der Waals surface area contributed by atoms with Gasteiger partial charge in [-0.15, -0.1) is 16.8 Å². The average Bonchev–Trinajstić information content (AvgIpc) is 3.12. The molecule has 28 heavy (non-hydrogen) atoms. The van der Waals surface area contributed by atoms with Crippen LogP contribution in [0.3, 0.4) is 0 Å². The number of aromatic nitrogens is 3. The minimum Gasteiger partial charge on any atom is -0.353 e. The zero-order valence-electron chi connectivity index (χ0n) is 16.0. The number of hydrogen-bond acceptors (Lipinski definition) is 3. The molecule has 152 valence electrons. The fourth-order valence-electron chi connectivity index (χ4n) is 2.60. The van der Waals surface area contributed by atoms with Crippen LogP contribution in [0.25, 0.3) is 0 Å². The minimum atomic E-state index is -4.37. The van der Waals surface area contributed by atoms with Crippen LogP contribution in [0.4, 0.5) is 13.2 Å². The van der Waals surface area contributed by atoms with Crippen LogP contribution < -0.4 is 10.6 Å². The van der Waals surface area contributed by atoms with E-state index in [1.807, 2.05) is 11.5 Å². The highest BCUT2D eigenvalue weighted by Crippen LogP contribution is 2.30. The lowest BCUT2D eigenvalue weighted by Crippen LogP contribution is -2.39. The lowest BCUT2D eigenvalue weighted by atomic mass is 10.1. The van der Waals surface area contributed by atoms with Crippen LogP contribution in [-0.2, 0) is 19.1 Å². The van der Waals surface area contributed by atoms with Crippen LogP contribution in [0, 0.1) is 0 Å². The Labute approximate surface area is 162 Å². The maximum absolute atomic E-state index is 12.9. The van der Waals surface area contributed by atoms with E-state index >= 15 is 0 Å². The molecule has 0 aliphatic rings. The Bertz CT molecular complexity index is 797. The molecule has 2 rings (SSSR count). The fourth-order valence-corrected chi connectivity index (χ4v) is 2.60. The molecule has 0 radical (unpaired) electrons. The van der Waals surface area contributed by atoms with Gasteiger partial charge in [-0.05, 0) is 24.6 Å². The molecule has 1 aromatic carbocycles. The van der Waals surface area contributed by atoms with Gasteiger partial charge in [-0.3, -0.25) is 4.99 Å². The molecular formula is C19H25F3N6. The predicted molar refractivity (Wildman–Crippen MR) is 103 cm³/mol. The van der Waals surface area contributed by atoms with E-state index in [1.165, 1.54) is 6.07 Å². The summed E-state index contributed by atoms with van der Waals surface area (Å²) in [5.41, 5.74) is -0.147. The first kappa shape index (κ1) is 21.5. The second-order valence-electron chi connectivity index (χ2n) is 6.18. The molecule has 0 aliphatic carbocycles. The monoisotopic (exact) mass is 394 g/mol. The van der Waals surface area contributed by atoms with Gasteiger partial charge in [-0.1, -0.05) is 25.1 Å². The van der Waals surface area contributed by atoms with E-state index in [2.05, 4.69) is 32.4 Å². The van der Waals surface area contributed by atoms with Crippen LogP contribution in [-0.4, -0.2) is 33.8 Å². The summed E-state index contributed by atoms with van der Waals surface area (Å²) in [6, 6.07) is 4.91. The average molecular weight is 394 g/mol. The van der Waals surface area contributed by atoms with Gasteiger partial charge in [0.05, 0.1) is 18.2 Å². The van der Waals surface area contributed by atoms with Gasteiger partial charge in [-0.25, -0.2) is 0 Å². The van der Waals surface area contributed by atoms with Gasteiger partial charge in [0.1, 0.15) is 12.2 Å². The molecule has 1 unspecified atom stereocenters. The van der Waals surface area contributed by atoms with Crippen molar-refractivity contribution in [2.24, 2.45) is 4.99 Å². The Morgan fingerprint density at radius 1 is 1.39 bits per heavy atom. The number of hydrogen-bond donors (Lipinski definition) is 2. The maximum atomic E-state index is 12.9. The van der Waals surface area contributed by atoms with Crippen LogP contribution in [0.5, 0.6) is 0 Å². The Morgan fingerprint density at radius 2 is 2.18 bits per heavy atom. The zero-order chi connectivity index (χ0) is 20.6. The smallest absolute Gasteiger partial charge is 0.353 e. The van der Waals surface area contributed by atoms with E-state index in [0.29, 0.717) is 31.2 Å². The van der Waals surface area contributed by atoms with Crippen molar-refractivity contribution in [3.63, 3.8) is 0 Å². The first-order valence-electron chi connectivity index (χ1n) is 9.04. The van der Waals surface area contributed by atoms with Crippen molar-refractivity contribution in [2.75, 3.05) is 13.1 Å². The van der Waals surface area contributed by atoms with Crippen molar-refractivity contribution in [1.82, 2.24) is 25.4 Å². The third-order valence-electron chi connectivity index (χ3n) is 4.10. The second-order valence-corrected chi connectivity index (χ2v) is 6.18. The highest BCUT2D eigenvalue weighted by Gasteiger charge is 2.30. The lowest BCUT2D eigenvalue weighted by molar-refractivity contribution is -0.137. The van der Waals surface area contributed by atoms with E-state index in [9.17, 15) is 13.2 Å². The standard InChI is InChI=1S/C19H25F3N6/c1-4-9-23-18(24-10-11-28-13-25-27-17(28)5-2)26-14(3)15-7-6-8-16(12-15)19(20,21)22/h4,6-8,12-14H,1,5,9-11H2,2-3H3,(H2,23,24,26). The van der Waals surface area contributed by atoms with Gasteiger partial charge in [0.2, 0.25) is 0 Å². The van der Waals surface area contributed by atoms with Crippen LogP contribution in [0.2, 0.25) is 0 Å². The van der Waals surface area contributed by atoms with Crippen molar-refractivity contribution in [1.29, 1.82) is 0 Å². The molecule has 2 aromatic rings. The van der Waals surface area contributed by atoms with E-state index < -0.39 is 11.7 Å². The first-order valence-corrected chi connectivity index (χ1v) is 9.04. The Hall–Kier alpha value is -2.84. The molecule has 0 amide bonds. The van der Waals surface area contributed by atoms with Crippen molar-refractivity contribution in [2.45, 2.75) is 39.0 Å². The first-order chi connectivity index (χ1) is 13.3. The Morgan fingerprint density at radius 3 is 2.86 bits per heavy atom. The molecular weight excluding hydrogens is 369 g/mol. The van der Waals surface area contributed by atoms with Gasteiger partial charge in [0, 0.05) is 19.5 Å². The van der Waals surface area contributed by atoms with Crippen molar-refractivity contribution in [3.05, 3.63) is 60.2 Å². The van der Waals surface area contributed by atoms with Crippen molar-refractivity contribution in [3.8, 4) is 0 Å². The van der Waals surface area contributed by atoms with E-state index in [4.69, 9.17) is 0 Å². The summed E-state index contributed by atoms with van der Waals surface area (Å²) >= 11 is 0. The summed E-state index contributed by atoms with van der Waals surface area (Å²) < 4.78 is 40.8. The second kappa shape index (κ2) is 9.91. The van der Waals surface area contributed by atoms with Gasteiger partial charge in [0.25, 0.3) is 0 Å². The summed E-state index contributed by atoms with van der Waals surface area (Å²) in [7, 11) is 0.